The van der Waals surface area contributed by atoms with E-state index in [-0.39, 0.29) is 0 Å². The average Bonchev–Trinajstić information content (AvgIpc) is 1.94. The van der Waals surface area contributed by atoms with Gasteiger partial charge in [0, 0.05) is 6.20 Å². The van der Waals surface area contributed by atoms with Crippen LogP contribution in [-0.2, 0) is 0 Å². The minimum atomic E-state index is 0.369. The lowest BCUT2D eigenvalue weighted by Gasteiger charge is -2.06. The minimum absolute atomic E-state index is 0.369. The summed E-state index contributed by atoms with van der Waals surface area (Å²) in [7, 11) is 0. The topological polar surface area (TPSA) is 12.9 Å². The standard InChI is InChI=1S/C8H9Cl2N/c1-5(2)7-3-6(9)4-11-8(7)10/h3-5H,1-2H3. The van der Waals surface area contributed by atoms with Gasteiger partial charge in [0.15, 0.2) is 0 Å². The highest BCUT2D eigenvalue weighted by molar-refractivity contribution is 6.32. The Morgan fingerprint density at radius 3 is 2.45 bits per heavy atom. The Morgan fingerprint density at radius 1 is 1.36 bits per heavy atom. The second-order valence-corrected chi connectivity index (χ2v) is 3.48. The molecule has 3 heteroatoms. The van der Waals surface area contributed by atoms with Crippen molar-refractivity contribution in [3.05, 3.63) is 28.0 Å². The normalized spacial score (nSPS) is 10.6. The lowest BCUT2D eigenvalue weighted by molar-refractivity contribution is 0.858. The predicted molar refractivity (Wildman–Crippen MR) is 48.3 cm³/mol. The third-order valence-electron chi connectivity index (χ3n) is 1.45. The summed E-state index contributed by atoms with van der Waals surface area (Å²) in [5.74, 6) is 0.369. The molecule has 1 heterocycles. The van der Waals surface area contributed by atoms with E-state index in [0.29, 0.717) is 16.1 Å². The summed E-state index contributed by atoms with van der Waals surface area (Å²) in [6.45, 7) is 4.11. The molecule has 1 aromatic heterocycles. The van der Waals surface area contributed by atoms with Gasteiger partial charge in [0.05, 0.1) is 5.02 Å². The van der Waals surface area contributed by atoms with Gasteiger partial charge in [-0.2, -0.15) is 0 Å². The van der Waals surface area contributed by atoms with Crippen molar-refractivity contribution >= 4 is 23.2 Å². The molecule has 11 heavy (non-hydrogen) atoms. The minimum Gasteiger partial charge on any atom is -0.243 e. The van der Waals surface area contributed by atoms with Crippen LogP contribution in [-0.4, -0.2) is 4.98 Å². The molecule has 60 valence electrons. The molecule has 0 radical (unpaired) electrons. The fourth-order valence-corrected chi connectivity index (χ4v) is 1.33. The first kappa shape index (κ1) is 8.82. The van der Waals surface area contributed by atoms with Crippen LogP contribution < -0.4 is 0 Å². The Labute approximate surface area is 76.4 Å². The first-order valence-corrected chi connectivity index (χ1v) is 4.18. The van der Waals surface area contributed by atoms with Crippen molar-refractivity contribution in [3.63, 3.8) is 0 Å². The lowest BCUT2D eigenvalue weighted by atomic mass is 10.1. The van der Waals surface area contributed by atoms with E-state index < -0.39 is 0 Å². The molecule has 0 spiro atoms. The molecule has 0 unspecified atom stereocenters. The first-order chi connectivity index (χ1) is 5.11. The molecule has 1 rings (SSSR count). The van der Waals surface area contributed by atoms with Crippen LogP contribution in [0.15, 0.2) is 12.3 Å². The van der Waals surface area contributed by atoms with Crippen LogP contribution in [0, 0.1) is 0 Å². The average molecular weight is 190 g/mol. The zero-order chi connectivity index (χ0) is 8.43. The number of nitrogens with zero attached hydrogens (tertiary/aromatic N) is 1. The Hall–Kier alpha value is -0.270. The van der Waals surface area contributed by atoms with Gasteiger partial charge in [-0.1, -0.05) is 37.0 Å². The number of rotatable bonds is 1. The van der Waals surface area contributed by atoms with Crippen molar-refractivity contribution in [1.29, 1.82) is 0 Å². The van der Waals surface area contributed by atoms with Crippen molar-refractivity contribution in [2.45, 2.75) is 19.8 Å². The van der Waals surface area contributed by atoms with Crippen molar-refractivity contribution in [2.75, 3.05) is 0 Å². The molecule has 0 amide bonds. The highest BCUT2D eigenvalue weighted by Crippen LogP contribution is 2.24. The van der Waals surface area contributed by atoms with E-state index in [0.717, 1.165) is 5.56 Å². The van der Waals surface area contributed by atoms with Gasteiger partial charge >= 0.3 is 0 Å². The van der Waals surface area contributed by atoms with Crippen LogP contribution in [0.4, 0.5) is 0 Å². The van der Waals surface area contributed by atoms with Crippen LogP contribution in [0.3, 0.4) is 0 Å². The van der Waals surface area contributed by atoms with E-state index in [9.17, 15) is 0 Å². The largest absolute Gasteiger partial charge is 0.243 e. The number of pyridine rings is 1. The van der Waals surface area contributed by atoms with Gasteiger partial charge in [0.2, 0.25) is 0 Å². The Morgan fingerprint density at radius 2 is 2.00 bits per heavy atom. The molecule has 0 N–H and O–H groups in total. The molecule has 0 saturated carbocycles. The van der Waals surface area contributed by atoms with Crippen LogP contribution >= 0.6 is 23.2 Å². The van der Waals surface area contributed by atoms with Gasteiger partial charge in [-0.15, -0.1) is 0 Å². The van der Waals surface area contributed by atoms with Crippen molar-refractivity contribution in [2.24, 2.45) is 0 Å². The highest BCUT2D eigenvalue weighted by Gasteiger charge is 2.05. The molecule has 0 bridgehead atoms. The summed E-state index contributed by atoms with van der Waals surface area (Å²) in [5, 5.41) is 1.18. The molecule has 0 fully saturated rings. The van der Waals surface area contributed by atoms with Crippen LogP contribution in [0.1, 0.15) is 25.3 Å². The molecular formula is C8H9Cl2N. The molecular weight excluding hydrogens is 181 g/mol. The van der Waals surface area contributed by atoms with E-state index in [4.69, 9.17) is 23.2 Å². The van der Waals surface area contributed by atoms with Crippen LogP contribution in [0.25, 0.3) is 0 Å². The van der Waals surface area contributed by atoms with Crippen LogP contribution in [0.2, 0.25) is 10.2 Å². The van der Waals surface area contributed by atoms with Gasteiger partial charge in [-0.05, 0) is 17.5 Å². The zero-order valence-corrected chi connectivity index (χ0v) is 7.95. The number of halogens is 2. The molecule has 0 aromatic carbocycles. The number of hydrogen-bond acceptors (Lipinski definition) is 1. The summed E-state index contributed by atoms with van der Waals surface area (Å²) in [6, 6.07) is 1.85. The maximum absolute atomic E-state index is 5.82. The molecule has 1 nitrogen and oxygen atoms in total. The van der Waals surface area contributed by atoms with Crippen molar-refractivity contribution in [3.8, 4) is 0 Å². The maximum Gasteiger partial charge on any atom is 0.132 e. The molecule has 0 aliphatic rings. The zero-order valence-electron chi connectivity index (χ0n) is 6.44. The fraction of sp³-hybridized carbons (Fsp3) is 0.375. The Bertz CT molecular complexity index is 258. The summed E-state index contributed by atoms with van der Waals surface area (Å²) >= 11 is 11.6. The molecule has 0 atom stereocenters. The predicted octanol–water partition coefficient (Wildman–Crippen LogP) is 3.51. The smallest absolute Gasteiger partial charge is 0.132 e. The maximum atomic E-state index is 5.82. The van der Waals surface area contributed by atoms with E-state index in [1.165, 1.54) is 0 Å². The summed E-state index contributed by atoms with van der Waals surface area (Å²) in [5.41, 5.74) is 0.999. The molecule has 0 saturated heterocycles. The van der Waals surface area contributed by atoms with Gasteiger partial charge < -0.3 is 0 Å². The quantitative estimate of drug-likeness (QED) is 0.617. The second kappa shape index (κ2) is 3.42. The Kier molecular flexibility index (Phi) is 2.74. The SMILES string of the molecule is CC(C)c1cc(Cl)cnc1Cl. The fourth-order valence-electron chi connectivity index (χ4n) is 0.843. The first-order valence-electron chi connectivity index (χ1n) is 3.42. The van der Waals surface area contributed by atoms with E-state index in [1.54, 1.807) is 6.20 Å². The van der Waals surface area contributed by atoms with Gasteiger partial charge in [-0.3, -0.25) is 0 Å². The van der Waals surface area contributed by atoms with Crippen LogP contribution in [0.5, 0.6) is 0 Å². The lowest BCUT2D eigenvalue weighted by Crippen LogP contribution is -1.90. The summed E-state index contributed by atoms with van der Waals surface area (Å²) in [4.78, 5) is 3.93. The van der Waals surface area contributed by atoms with Gasteiger partial charge in [0.1, 0.15) is 5.15 Å². The van der Waals surface area contributed by atoms with E-state index in [2.05, 4.69) is 18.8 Å². The molecule has 1 aromatic rings. The monoisotopic (exact) mass is 189 g/mol. The van der Waals surface area contributed by atoms with Gasteiger partial charge in [0.25, 0.3) is 0 Å². The number of aromatic nitrogens is 1. The third-order valence-corrected chi connectivity index (χ3v) is 1.98. The summed E-state index contributed by atoms with van der Waals surface area (Å²) in [6.07, 6.45) is 1.55. The van der Waals surface area contributed by atoms with E-state index in [1.807, 2.05) is 6.07 Å². The third kappa shape index (κ3) is 2.08. The van der Waals surface area contributed by atoms with E-state index >= 15 is 0 Å². The van der Waals surface area contributed by atoms with Crippen molar-refractivity contribution in [1.82, 2.24) is 4.98 Å². The second-order valence-electron chi connectivity index (χ2n) is 2.69. The molecule has 0 aliphatic heterocycles. The molecule has 0 aliphatic carbocycles. The Balaban J connectivity index is 3.13. The highest BCUT2D eigenvalue weighted by atomic mass is 35.5. The number of hydrogen-bond donors (Lipinski definition) is 0. The van der Waals surface area contributed by atoms with Gasteiger partial charge in [-0.25, -0.2) is 4.98 Å². The van der Waals surface area contributed by atoms with Crippen molar-refractivity contribution < 1.29 is 0 Å². The summed E-state index contributed by atoms with van der Waals surface area (Å²) < 4.78 is 0.